The quantitative estimate of drug-likeness (QED) is 0.738. The molecule has 8 heteroatoms. The maximum Gasteiger partial charge on any atom is 0.416 e. The number of hydrogen-bond acceptors (Lipinski definition) is 3. The summed E-state index contributed by atoms with van der Waals surface area (Å²) in [7, 11) is 0. The molecule has 27 heavy (non-hydrogen) atoms. The number of carbonyl (C=O) groups is 1. The number of halogens is 3. The average Bonchev–Trinajstić information content (AvgIpc) is 3.03. The SMILES string of the molecule is CC(NC(=O)NCCc1nc(C(C)(C)C)cs1)c1cccc(C(F)(F)F)c1. The fraction of sp³-hybridized carbons (Fsp3) is 0.474. The van der Waals surface area contributed by atoms with E-state index in [1.165, 1.54) is 6.07 Å². The van der Waals surface area contributed by atoms with Crippen LogP contribution in [0.25, 0.3) is 0 Å². The average molecular weight is 399 g/mol. The van der Waals surface area contributed by atoms with Crippen molar-refractivity contribution in [1.82, 2.24) is 15.6 Å². The molecule has 2 N–H and O–H groups in total. The Labute approximate surface area is 161 Å². The number of amides is 2. The van der Waals surface area contributed by atoms with Gasteiger partial charge in [-0.15, -0.1) is 11.3 Å². The van der Waals surface area contributed by atoms with Crippen molar-refractivity contribution < 1.29 is 18.0 Å². The Hall–Kier alpha value is -2.09. The van der Waals surface area contributed by atoms with Crippen LogP contribution in [0.5, 0.6) is 0 Å². The van der Waals surface area contributed by atoms with Crippen LogP contribution in [-0.2, 0) is 18.0 Å². The number of rotatable bonds is 5. The molecule has 1 atom stereocenters. The van der Waals surface area contributed by atoms with Crippen LogP contribution in [0.15, 0.2) is 29.6 Å². The highest BCUT2D eigenvalue weighted by Gasteiger charge is 2.30. The minimum Gasteiger partial charge on any atom is -0.338 e. The maximum absolute atomic E-state index is 12.8. The molecule has 0 spiro atoms. The minimum absolute atomic E-state index is 0.0140. The van der Waals surface area contributed by atoms with E-state index in [1.807, 2.05) is 5.38 Å². The van der Waals surface area contributed by atoms with Crippen LogP contribution in [0.3, 0.4) is 0 Å². The summed E-state index contributed by atoms with van der Waals surface area (Å²) in [6.07, 6.45) is -3.80. The Kier molecular flexibility index (Phi) is 6.51. The van der Waals surface area contributed by atoms with Gasteiger partial charge in [0.2, 0.25) is 0 Å². The lowest BCUT2D eigenvalue weighted by Gasteiger charge is -2.16. The van der Waals surface area contributed by atoms with Gasteiger partial charge in [0.1, 0.15) is 0 Å². The van der Waals surface area contributed by atoms with E-state index in [0.29, 0.717) is 18.5 Å². The van der Waals surface area contributed by atoms with Gasteiger partial charge in [0.15, 0.2) is 0 Å². The molecular formula is C19H24F3N3OS. The van der Waals surface area contributed by atoms with Gasteiger partial charge in [-0.25, -0.2) is 9.78 Å². The van der Waals surface area contributed by atoms with Crippen LogP contribution in [0.1, 0.15) is 55.6 Å². The van der Waals surface area contributed by atoms with Crippen molar-refractivity contribution in [2.45, 2.75) is 51.7 Å². The summed E-state index contributed by atoms with van der Waals surface area (Å²) in [4.78, 5) is 16.6. The summed E-state index contributed by atoms with van der Waals surface area (Å²) < 4.78 is 38.4. The van der Waals surface area contributed by atoms with Gasteiger partial charge in [0.25, 0.3) is 0 Å². The Morgan fingerprint density at radius 3 is 2.56 bits per heavy atom. The highest BCUT2D eigenvalue weighted by Crippen LogP contribution is 2.30. The first-order valence-corrected chi connectivity index (χ1v) is 9.51. The molecule has 1 heterocycles. The van der Waals surface area contributed by atoms with E-state index in [1.54, 1.807) is 24.3 Å². The van der Waals surface area contributed by atoms with E-state index < -0.39 is 23.8 Å². The van der Waals surface area contributed by atoms with E-state index in [9.17, 15) is 18.0 Å². The molecule has 0 aliphatic heterocycles. The standard InChI is InChI=1S/C19H24F3N3OS/c1-12(13-6-5-7-14(10-13)19(20,21)22)24-17(26)23-9-8-16-25-15(11-27-16)18(2,3)4/h5-7,10-12H,8-9H2,1-4H3,(H2,23,24,26). The topological polar surface area (TPSA) is 54.0 Å². The van der Waals surface area contributed by atoms with Gasteiger partial charge in [-0.2, -0.15) is 13.2 Å². The molecule has 1 aromatic heterocycles. The van der Waals surface area contributed by atoms with E-state index in [0.717, 1.165) is 22.8 Å². The predicted octanol–water partition coefficient (Wildman–Crippen LogP) is 5.06. The second-order valence-electron chi connectivity index (χ2n) is 7.37. The first kappa shape index (κ1) is 21.2. The number of hydrogen-bond donors (Lipinski definition) is 2. The van der Waals surface area contributed by atoms with Crippen molar-refractivity contribution in [2.75, 3.05) is 6.54 Å². The number of thiazole rings is 1. The van der Waals surface area contributed by atoms with Crippen LogP contribution in [0.2, 0.25) is 0 Å². The lowest BCUT2D eigenvalue weighted by Crippen LogP contribution is -2.38. The van der Waals surface area contributed by atoms with Crippen LogP contribution in [0, 0.1) is 0 Å². The van der Waals surface area contributed by atoms with Gasteiger partial charge in [-0.05, 0) is 24.6 Å². The Bertz CT molecular complexity index is 781. The Morgan fingerprint density at radius 2 is 1.96 bits per heavy atom. The number of nitrogens with one attached hydrogen (secondary N) is 2. The molecule has 4 nitrogen and oxygen atoms in total. The summed E-state index contributed by atoms with van der Waals surface area (Å²) >= 11 is 1.55. The molecule has 0 aliphatic rings. The van der Waals surface area contributed by atoms with Gasteiger partial charge >= 0.3 is 12.2 Å². The first-order chi connectivity index (χ1) is 12.5. The molecule has 0 radical (unpaired) electrons. The Morgan fingerprint density at radius 1 is 1.26 bits per heavy atom. The summed E-state index contributed by atoms with van der Waals surface area (Å²) in [5.41, 5.74) is 0.673. The van der Waals surface area contributed by atoms with E-state index in [-0.39, 0.29) is 5.41 Å². The fourth-order valence-electron chi connectivity index (χ4n) is 2.37. The van der Waals surface area contributed by atoms with Gasteiger partial charge in [0, 0.05) is 23.8 Å². The van der Waals surface area contributed by atoms with Crippen LogP contribution in [-0.4, -0.2) is 17.6 Å². The maximum atomic E-state index is 12.8. The number of carbonyl (C=O) groups excluding carboxylic acids is 1. The molecular weight excluding hydrogens is 375 g/mol. The van der Waals surface area contributed by atoms with E-state index in [4.69, 9.17) is 0 Å². The van der Waals surface area contributed by atoms with Gasteiger partial charge < -0.3 is 10.6 Å². The number of alkyl halides is 3. The molecule has 1 aromatic carbocycles. The predicted molar refractivity (Wildman–Crippen MR) is 101 cm³/mol. The molecule has 1 unspecified atom stereocenters. The third-order valence-corrected chi connectivity index (χ3v) is 4.91. The van der Waals surface area contributed by atoms with Crippen molar-refractivity contribution in [1.29, 1.82) is 0 Å². The summed E-state index contributed by atoms with van der Waals surface area (Å²) in [5, 5.41) is 8.33. The second kappa shape index (κ2) is 8.29. The molecule has 148 valence electrons. The van der Waals surface area contributed by atoms with Crippen LogP contribution < -0.4 is 10.6 Å². The molecule has 0 saturated carbocycles. The summed E-state index contributed by atoms with van der Waals surface area (Å²) in [6, 6.07) is 3.99. The van der Waals surface area contributed by atoms with Crippen LogP contribution >= 0.6 is 11.3 Å². The molecule has 2 aromatic rings. The molecule has 0 saturated heterocycles. The number of nitrogens with zero attached hydrogens (tertiary/aromatic N) is 1. The van der Waals surface area contributed by atoms with E-state index >= 15 is 0 Å². The first-order valence-electron chi connectivity index (χ1n) is 8.63. The molecule has 2 rings (SSSR count). The van der Waals surface area contributed by atoms with Gasteiger partial charge in [-0.3, -0.25) is 0 Å². The third-order valence-electron chi connectivity index (χ3n) is 4.01. The number of aromatic nitrogens is 1. The summed E-state index contributed by atoms with van der Waals surface area (Å²) in [6.45, 7) is 8.32. The zero-order chi connectivity index (χ0) is 20.2. The highest BCUT2D eigenvalue weighted by atomic mass is 32.1. The number of benzene rings is 1. The van der Waals surface area contributed by atoms with Crippen molar-refractivity contribution in [3.8, 4) is 0 Å². The second-order valence-corrected chi connectivity index (χ2v) is 8.31. The molecule has 2 amide bonds. The van der Waals surface area contributed by atoms with Crippen molar-refractivity contribution in [3.05, 3.63) is 51.5 Å². The third kappa shape index (κ3) is 6.23. The fourth-order valence-corrected chi connectivity index (χ4v) is 3.39. The normalized spacial score (nSPS) is 13.3. The minimum atomic E-state index is -4.41. The van der Waals surface area contributed by atoms with Crippen molar-refractivity contribution in [3.63, 3.8) is 0 Å². The number of urea groups is 1. The monoisotopic (exact) mass is 399 g/mol. The highest BCUT2D eigenvalue weighted by molar-refractivity contribution is 7.09. The lowest BCUT2D eigenvalue weighted by atomic mass is 9.93. The Balaban J connectivity index is 1.84. The van der Waals surface area contributed by atoms with Crippen molar-refractivity contribution >= 4 is 17.4 Å². The molecule has 0 aliphatic carbocycles. The smallest absolute Gasteiger partial charge is 0.338 e. The van der Waals surface area contributed by atoms with Crippen molar-refractivity contribution in [2.24, 2.45) is 0 Å². The van der Waals surface area contributed by atoms with Gasteiger partial charge in [0.05, 0.1) is 22.3 Å². The van der Waals surface area contributed by atoms with Gasteiger partial charge in [-0.1, -0.05) is 32.9 Å². The zero-order valence-corrected chi connectivity index (χ0v) is 16.6. The molecule has 0 bridgehead atoms. The zero-order valence-electron chi connectivity index (χ0n) is 15.8. The lowest BCUT2D eigenvalue weighted by molar-refractivity contribution is -0.137. The summed E-state index contributed by atoms with van der Waals surface area (Å²) in [5.74, 6) is 0. The largest absolute Gasteiger partial charge is 0.416 e. The van der Waals surface area contributed by atoms with E-state index in [2.05, 4.69) is 36.4 Å². The van der Waals surface area contributed by atoms with Crippen LogP contribution in [0.4, 0.5) is 18.0 Å². The molecule has 0 fully saturated rings.